The summed E-state index contributed by atoms with van der Waals surface area (Å²) < 4.78 is 33.5. The molecule has 0 bridgehead atoms. The molecule has 0 aromatic rings. The molecule has 24 heavy (non-hydrogen) atoms. The Morgan fingerprint density at radius 1 is 1.04 bits per heavy atom. The van der Waals surface area contributed by atoms with Crippen molar-refractivity contribution >= 4 is 43.7 Å². The highest BCUT2D eigenvalue weighted by Gasteiger charge is 2.47. The maximum Gasteiger partial charge on any atom is 0.268 e. The Morgan fingerprint density at radius 3 is 2.42 bits per heavy atom. The molecule has 0 spiro atoms. The van der Waals surface area contributed by atoms with Gasteiger partial charge >= 0.3 is 0 Å². The van der Waals surface area contributed by atoms with E-state index in [1.54, 1.807) is 11.8 Å². The first-order chi connectivity index (χ1) is 11.3. The summed E-state index contributed by atoms with van der Waals surface area (Å²) in [4.78, 5) is 9.70. The van der Waals surface area contributed by atoms with Crippen molar-refractivity contribution in [2.24, 2.45) is 21.8 Å². The molecule has 7 atom stereocenters. The second-order valence-electron chi connectivity index (χ2n) is 7.61. The van der Waals surface area contributed by atoms with Gasteiger partial charge in [0.25, 0.3) is 10.1 Å². The minimum atomic E-state index is -4.02. The molecule has 134 valence electrons. The van der Waals surface area contributed by atoms with Crippen molar-refractivity contribution in [2.75, 3.05) is 0 Å². The smallest absolute Gasteiger partial charge is 0.268 e. The Bertz CT molecular complexity index is 691. The SMILES string of the molecule is CC1=NC2CC3SC(C4CCC(C)CC4S(=O)(=O)O)=NC3CC2S1. The van der Waals surface area contributed by atoms with Crippen LogP contribution in [0.25, 0.3) is 0 Å². The molecule has 4 aliphatic rings. The summed E-state index contributed by atoms with van der Waals surface area (Å²) in [6, 6.07) is 0.697. The summed E-state index contributed by atoms with van der Waals surface area (Å²) >= 11 is 3.64. The highest BCUT2D eigenvalue weighted by atomic mass is 32.2. The van der Waals surface area contributed by atoms with Gasteiger partial charge in [0.15, 0.2) is 0 Å². The molecule has 7 unspecified atom stereocenters. The fraction of sp³-hybridized carbons (Fsp3) is 0.875. The van der Waals surface area contributed by atoms with Gasteiger partial charge in [-0.3, -0.25) is 14.5 Å². The molecule has 2 fully saturated rings. The van der Waals surface area contributed by atoms with E-state index in [0.29, 0.717) is 34.9 Å². The molecule has 0 saturated heterocycles. The molecular formula is C16H24N2O3S3. The number of fused-ring (bicyclic) bond motifs is 2. The lowest BCUT2D eigenvalue weighted by molar-refractivity contribution is 0.328. The topological polar surface area (TPSA) is 79.1 Å². The van der Waals surface area contributed by atoms with Crippen molar-refractivity contribution in [1.29, 1.82) is 0 Å². The first kappa shape index (κ1) is 17.4. The first-order valence-corrected chi connectivity index (χ1v) is 12.0. The second-order valence-corrected chi connectivity index (χ2v) is 11.9. The molecule has 5 nitrogen and oxygen atoms in total. The quantitative estimate of drug-likeness (QED) is 0.735. The Balaban J connectivity index is 1.52. The first-order valence-electron chi connectivity index (χ1n) is 8.73. The molecule has 0 aromatic heterocycles. The standard InChI is InChI=1S/C16H24N2O3S3/c1-8-3-4-10(15(5-8)24(19,20)21)16-18-12-7-13-11(6-14(12)23-16)17-9(2)22-13/h8,10-15H,3-7H2,1-2H3,(H,19,20,21). The predicted octanol–water partition coefficient (Wildman–Crippen LogP) is 3.26. The number of nitrogens with zero attached hydrogens (tertiary/aromatic N) is 2. The third kappa shape index (κ3) is 3.19. The van der Waals surface area contributed by atoms with Crippen LogP contribution in [0.2, 0.25) is 0 Å². The third-order valence-electron chi connectivity index (χ3n) is 5.79. The Labute approximate surface area is 152 Å². The van der Waals surface area contributed by atoms with E-state index in [1.807, 2.05) is 11.8 Å². The van der Waals surface area contributed by atoms with Crippen LogP contribution in [0.1, 0.15) is 46.0 Å². The van der Waals surface area contributed by atoms with E-state index in [0.717, 1.165) is 30.7 Å². The maximum absolute atomic E-state index is 11.9. The van der Waals surface area contributed by atoms with Crippen molar-refractivity contribution in [2.45, 2.75) is 73.8 Å². The lowest BCUT2D eigenvalue weighted by Crippen LogP contribution is -2.38. The van der Waals surface area contributed by atoms with Gasteiger partial charge in [0, 0.05) is 16.4 Å². The van der Waals surface area contributed by atoms with Crippen molar-refractivity contribution in [3.8, 4) is 0 Å². The van der Waals surface area contributed by atoms with E-state index in [-0.39, 0.29) is 5.92 Å². The van der Waals surface area contributed by atoms with Crippen molar-refractivity contribution < 1.29 is 13.0 Å². The second kappa shape index (κ2) is 6.28. The van der Waals surface area contributed by atoms with Gasteiger partial charge < -0.3 is 0 Å². The normalized spacial score (nSPS) is 45.4. The summed E-state index contributed by atoms with van der Waals surface area (Å²) in [5, 5.41) is 2.45. The van der Waals surface area contributed by atoms with Gasteiger partial charge in [0.05, 0.1) is 27.4 Å². The monoisotopic (exact) mass is 388 g/mol. The molecule has 0 aromatic carbocycles. The Kier molecular flexibility index (Phi) is 4.55. The third-order valence-corrected chi connectivity index (χ3v) is 9.80. The fourth-order valence-electron chi connectivity index (χ4n) is 4.57. The Morgan fingerprint density at radius 2 is 1.71 bits per heavy atom. The molecule has 2 heterocycles. The number of hydrogen-bond donors (Lipinski definition) is 1. The summed E-state index contributed by atoms with van der Waals surface area (Å²) in [5.41, 5.74) is 0. The van der Waals surface area contributed by atoms with Gasteiger partial charge in [-0.25, -0.2) is 0 Å². The van der Waals surface area contributed by atoms with Crippen molar-refractivity contribution in [3.63, 3.8) is 0 Å². The maximum atomic E-state index is 11.9. The van der Waals surface area contributed by atoms with Crippen molar-refractivity contribution in [1.82, 2.24) is 0 Å². The van der Waals surface area contributed by atoms with Gasteiger partial charge in [-0.15, -0.1) is 23.5 Å². The molecule has 2 saturated carbocycles. The number of hydrogen-bond acceptors (Lipinski definition) is 6. The summed E-state index contributed by atoms with van der Waals surface area (Å²) in [5.74, 6) is 0.222. The van der Waals surface area contributed by atoms with Crippen LogP contribution in [-0.2, 0) is 10.1 Å². The zero-order valence-corrected chi connectivity index (χ0v) is 16.4. The highest BCUT2D eigenvalue weighted by Crippen LogP contribution is 2.48. The van der Waals surface area contributed by atoms with Crippen LogP contribution in [0.3, 0.4) is 0 Å². The van der Waals surface area contributed by atoms with E-state index in [2.05, 4.69) is 13.8 Å². The Hall–Kier alpha value is -0.0500. The van der Waals surface area contributed by atoms with E-state index in [4.69, 9.17) is 9.98 Å². The fourth-order valence-corrected chi connectivity index (χ4v) is 8.75. The van der Waals surface area contributed by atoms with Crippen LogP contribution < -0.4 is 0 Å². The predicted molar refractivity (Wildman–Crippen MR) is 102 cm³/mol. The number of thioether (sulfide) groups is 2. The van der Waals surface area contributed by atoms with E-state index in [9.17, 15) is 13.0 Å². The minimum absolute atomic E-state index is 0.121. The average molecular weight is 389 g/mol. The van der Waals surface area contributed by atoms with Crippen LogP contribution in [0.15, 0.2) is 9.98 Å². The molecule has 4 rings (SSSR count). The van der Waals surface area contributed by atoms with E-state index < -0.39 is 15.4 Å². The molecule has 2 aliphatic heterocycles. The summed E-state index contributed by atoms with van der Waals surface area (Å²) in [6.07, 6.45) is 4.45. The zero-order valence-electron chi connectivity index (χ0n) is 14.0. The lowest BCUT2D eigenvalue weighted by Gasteiger charge is -2.33. The molecular weight excluding hydrogens is 364 g/mol. The van der Waals surface area contributed by atoms with E-state index in [1.165, 1.54) is 5.04 Å². The van der Waals surface area contributed by atoms with Crippen LogP contribution in [0.5, 0.6) is 0 Å². The van der Waals surface area contributed by atoms with Crippen LogP contribution in [-0.4, -0.2) is 50.9 Å². The van der Waals surface area contributed by atoms with Gasteiger partial charge in [-0.1, -0.05) is 6.92 Å². The highest BCUT2D eigenvalue weighted by molar-refractivity contribution is 8.15. The van der Waals surface area contributed by atoms with Crippen LogP contribution in [0, 0.1) is 11.8 Å². The summed E-state index contributed by atoms with van der Waals surface area (Å²) in [6.45, 7) is 4.15. The minimum Gasteiger partial charge on any atom is -0.285 e. The number of aliphatic imine (C=N–C) groups is 2. The molecule has 1 N–H and O–H groups in total. The van der Waals surface area contributed by atoms with E-state index >= 15 is 0 Å². The van der Waals surface area contributed by atoms with Crippen LogP contribution >= 0.6 is 23.5 Å². The average Bonchev–Trinajstić information content (AvgIpc) is 3.04. The summed E-state index contributed by atoms with van der Waals surface area (Å²) in [7, 11) is -4.02. The molecule has 0 radical (unpaired) electrons. The lowest BCUT2D eigenvalue weighted by atomic mass is 9.83. The number of rotatable bonds is 2. The van der Waals surface area contributed by atoms with Gasteiger partial charge in [-0.2, -0.15) is 8.42 Å². The van der Waals surface area contributed by atoms with Gasteiger partial charge in [0.1, 0.15) is 0 Å². The molecule has 2 aliphatic carbocycles. The van der Waals surface area contributed by atoms with Crippen molar-refractivity contribution in [3.05, 3.63) is 0 Å². The van der Waals surface area contributed by atoms with Crippen LogP contribution in [0.4, 0.5) is 0 Å². The van der Waals surface area contributed by atoms with Gasteiger partial charge in [-0.05, 0) is 44.9 Å². The molecule has 8 heteroatoms. The molecule has 0 amide bonds. The largest absolute Gasteiger partial charge is 0.285 e. The van der Waals surface area contributed by atoms with Gasteiger partial charge in [0.2, 0.25) is 0 Å². The zero-order chi connectivity index (χ0) is 17.1.